The van der Waals surface area contributed by atoms with Gasteiger partial charge in [0.25, 0.3) is 0 Å². The first-order valence-electron chi connectivity index (χ1n) is 5.66. The molecule has 5 heteroatoms. The lowest BCUT2D eigenvalue weighted by Crippen LogP contribution is -2.04. The van der Waals surface area contributed by atoms with Crippen LogP contribution in [-0.4, -0.2) is 0 Å². The second-order valence-corrected chi connectivity index (χ2v) is 5.13. The zero-order valence-electron chi connectivity index (χ0n) is 10.00. The van der Waals surface area contributed by atoms with Crippen molar-refractivity contribution in [3.63, 3.8) is 0 Å². The lowest BCUT2D eigenvalue weighted by Gasteiger charge is -2.13. The molecule has 2 aromatic rings. The highest BCUT2D eigenvalue weighted by atomic mass is 35.5. The summed E-state index contributed by atoms with van der Waals surface area (Å²) < 4.78 is 5.72. The maximum Gasteiger partial charge on any atom is 0.125 e. The van der Waals surface area contributed by atoms with Crippen molar-refractivity contribution in [2.45, 2.75) is 13.2 Å². The third-order valence-corrected chi connectivity index (χ3v) is 3.78. The molecule has 100 valence electrons. The van der Waals surface area contributed by atoms with Crippen LogP contribution in [0, 0.1) is 0 Å². The van der Waals surface area contributed by atoms with Gasteiger partial charge in [0.2, 0.25) is 0 Å². The van der Waals surface area contributed by atoms with Crippen molar-refractivity contribution in [2.75, 3.05) is 0 Å². The van der Waals surface area contributed by atoms with Crippen LogP contribution in [0.3, 0.4) is 0 Å². The summed E-state index contributed by atoms with van der Waals surface area (Å²) in [6.45, 7) is 0.580. The number of rotatable bonds is 4. The van der Waals surface area contributed by atoms with Gasteiger partial charge in [-0.2, -0.15) is 0 Å². The molecule has 0 radical (unpaired) electrons. The quantitative estimate of drug-likeness (QED) is 0.888. The summed E-state index contributed by atoms with van der Waals surface area (Å²) in [4.78, 5) is 0. The highest BCUT2D eigenvalue weighted by molar-refractivity contribution is 6.36. The van der Waals surface area contributed by atoms with Gasteiger partial charge in [-0.25, -0.2) is 0 Å². The Morgan fingerprint density at radius 1 is 0.842 bits per heavy atom. The van der Waals surface area contributed by atoms with E-state index >= 15 is 0 Å². The molecule has 0 atom stereocenters. The van der Waals surface area contributed by atoms with Crippen LogP contribution >= 0.6 is 34.8 Å². The van der Waals surface area contributed by atoms with Crippen molar-refractivity contribution in [1.29, 1.82) is 0 Å². The third kappa shape index (κ3) is 3.34. The molecule has 2 rings (SSSR count). The number of nitrogens with two attached hydrogens (primary N) is 1. The topological polar surface area (TPSA) is 35.2 Å². The van der Waals surface area contributed by atoms with Crippen LogP contribution in [-0.2, 0) is 13.2 Å². The fourth-order valence-electron chi connectivity index (χ4n) is 1.69. The van der Waals surface area contributed by atoms with Gasteiger partial charge in [0.05, 0.1) is 0 Å². The van der Waals surface area contributed by atoms with Crippen LogP contribution < -0.4 is 10.5 Å². The Morgan fingerprint density at radius 3 is 1.95 bits per heavy atom. The Morgan fingerprint density at radius 2 is 1.37 bits per heavy atom. The van der Waals surface area contributed by atoms with E-state index in [0.29, 0.717) is 27.4 Å². The molecule has 2 aromatic carbocycles. The lowest BCUT2D eigenvalue weighted by molar-refractivity contribution is 0.303. The number of ether oxygens (including phenoxy) is 1. The number of hydrogen-bond acceptors (Lipinski definition) is 2. The molecule has 0 unspecified atom stereocenters. The summed E-state index contributed by atoms with van der Waals surface area (Å²) in [6.07, 6.45) is 0. The van der Waals surface area contributed by atoms with Crippen LogP contribution in [0.15, 0.2) is 36.4 Å². The van der Waals surface area contributed by atoms with Crippen molar-refractivity contribution >= 4 is 34.8 Å². The summed E-state index contributed by atoms with van der Waals surface area (Å²) >= 11 is 18.2. The largest absolute Gasteiger partial charge is 0.488 e. The predicted octanol–water partition coefficient (Wildman–Crippen LogP) is 4.68. The second kappa shape index (κ2) is 6.49. The Hall–Kier alpha value is -0.930. The van der Waals surface area contributed by atoms with Gasteiger partial charge in [0.1, 0.15) is 12.4 Å². The molecule has 0 saturated heterocycles. The Kier molecular flexibility index (Phi) is 4.94. The van der Waals surface area contributed by atoms with E-state index in [9.17, 15) is 0 Å². The molecule has 0 bridgehead atoms. The van der Waals surface area contributed by atoms with Crippen molar-refractivity contribution in [2.24, 2.45) is 5.73 Å². The van der Waals surface area contributed by atoms with E-state index in [1.807, 2.05) is 12.1 Å². The van der Waals surface area contributed by atoms with E-state index in [1.165, 1.54) is 0 Å². The summed E-state index contributed by atoms with van der Waals surface area (Å²) in [5.74, 6) is 0.644. The highest BCUT2D eigenvalue weighted by Gasteiger charge is 2.10. The fraction of sp³-hybridized carbons (Fsp3) is 0.143. The maximum absolute atomic E-state index is 6.09. The maximum atomic E-state index is 6.09. The zero-order chi connectivity index (χ0) is 13.8. The predicted molar refractivity (Wildman–Crippen MR) is 80.1 cm³/mol. The lowest BCUT2D eigenvalue weighted by atomic mass is 10.2. The second-order valence-electron chi connectivity index (χ2n) is 3.91. The summed E-state index contributed by atoms with van der Waals surface area (Å²) in [6, 6.07) is 10.7. The SMILES string of the molecule is NCc1c(Cl)cccc1OCc1c(Cl)cccc1Cl. The molecule has 0 aliphatic carbocycles. The normalized spacial score (nSPS) is 10.5. The van der Waals surface area contributed by atoms with Gasteiger partial charge >= 0.3 is 0 Å². The summed E-state index contributed by atoms with van der Waals surface area (Å²) in [7, 11) is 0. The molecule has 0 aliphatic rings. The van der Waals surface area contributed by atoms with Gasteiger partial charge < -0.3 is 10.5 Å². The molecule has 19 heavy (non-hydrogen) atoms. The van der Waals surface area contributed by atoms with Gasteiger partial charge in [0.15, 0.2) is 0 Å². The summed E-state index contributed by atoms with van der Waals surface area (Å²) in [5.41, 5.74) is 7.18. The van der Waals surface area contributed by atoms with Gasteiger partial charge in [0, 0.05) is 32.7 Å². The number of hydrogen-bond donors (Lipinski definition) is 1. The molecule has 0 saturated carbocycles. The fourth-order valence-corrected chi connectivity index (χ4v) is 2.44. The van der Waals surface area contributed by atoms with E-state index in [4.69, 9.17) is 45.3 Å². The molecule has 0 spiro atoms. The molecule has 0 heterocycles. The van der Waals surface area contributed by atoms with Crippen LogP contribution in [0.4, 0.5) is 0 Å². The molecule has 0 amide bonds. The smallest absolute Gasteiger partial charge is 0.125 e. The Balaban J connectivity index is 2.22. The van der Waals surface area contributed by atoms with E-state index in [1.54, 1.807) is 24.3 Å². The minimum atomic E-state index is 0.270. The molecule has 2 N–H and O–H groups in total. The van der Waals surface area contributed by atoms with Crippen molar-refractivity contribution in [3.8, 4) is 5.75 Å². The monoisotopic (exact) mass is 315 g/mol. The molecule has 0 fully saturated rings. The van der Waals surface area contributed by atoms with Crippen LogP contribution in [0.5, 0.6) is 5.75 Å². The minimum absolute atomic E-state index is 0.270. The van der Waals surface area contributed by atoms with Gasteiger partial charge in [-0.1, -0.05) is 46.9 Å². The van der Waals surface area contributed by atoms with E-state index in [0.717, 1.165) is 11.1 Å². The van der Waals surface area contributed by atoms with Gasteiger partial charge in [-0.05, 0) is 24.3 Å². The van der Waals surface area contributed by atoms with Gasteiger partial charge in [-0.3, -0.25) is 0 Å². The standard InChI is InChI=1S/C14H12Cl3NO/c15-11-5-2-6-14(9(11)7-18)19-8-10-12(16)3-1-4-13(10)17/h1-6H,7-8,18H2. The first kappa shape index (κ1) is 14.5. The highest BCUT2D eigenvalue weighted by Crippen LogP contribution is 2.29. The Bertz CT molecular complexity index is 567. The number of benzene rings is 2. The first-order chi connectivity index (χ1) is 9.13. The first-order valence-corrected chi connectivity index (χ1v) is 6.80. The molecule has 2 nitrogen and oxygen atoms in total. The van der Waals surface area contributed by atoms with E-state index < -0.39 is 0 Å². The van der Waals surface area contributed by atoms with Gasteiger partial charge in [-0.15, -0.1) is 0 Å². The Labute approximate surface area is 127 Å². The summed E-state index contributed by atoms with van der Waals surface area (Å²) in [5, 5.41) is 1.73. The van der Waals surface area contributed by atoms with E-state index in [2.05, 4.69) is 0 Å². The number of halogens is 3. The zero-order valence-corrected chi connectivity index (χ0v) is 12.3. The van der Waals surface area contributed by atoms with Crippen molar-refractivity contribution < 1.29 is 4.74 Å². The molecular formula is C14H12Cl3NO. The van der Waals surface area contributed by atoms with Crippen LogP contribution in [0.1, 0.15) is 11.1 Å². The molecule has 0 aliphatic heterocycles. The average Bonchev–Trinajstić information content (AvgIpc) is 2.38. The van der Waals surface area contributed by atoms with Crippen molar-refractivity contribution in [1.82, 2.24) is 0 Å². The van der Waals surface area contributed by atoms with Crippen LogP contribution in [0.25, 0.3) is 0 Å². The third-order valence-electron chi connectivity index (χ3n) is 2.71. The minimum Gasteiger partial charge on any atom is -0.488 e. The molecular weight excluding hydrogens is 305 g/mol. The average molecular weight is 317 g/mol. The van der Waals surface area contributed by atoms with E-state index in [-0.39, 0.29) is 6.61 Å². The molecule has 0 aromatic heterocycles. The van der Waals surface area contributed by atoms with Crippen LogP contribution in [0.2, 0.25) is 15.1 Å². The van der Waals surface area contributed by atoms with Crippen molar-refractivity contribution in [3.05, 3.63) is 62.6 Å².